The summed E-state index contributed by atoms with van der Waals surface area (Å²) in [6.07, 6.45) is -3.35. The summed E-state index contributed by atoms with van der Waals surface area (Å²) in [5.74, 6) is -0.652. The van der Waals surface area contributed by atoms with E-state index >= 15 is 0 Å². The van der Waals surface area contributed by atoms with Crippen molar-refractivity contribution in [2.45, 2.75) is 25.6 Å². The second kappa shape index (κ2) is 10.7. The summed E-state index contributed by atoms with van der Waals surface area (Å²) in [6.45, 7) is 5.79. The maximum atomic E-state index is 13.9. The van der Waals surface area contributed by atoms with Crippen molar-refractivity contribution in [3.8, 4) is 5.75 Å². The smallest absolute Gasteiger partial charge is 0.421 e. The molecule has 1 fully saturated rings. The Hall–Kier alpha value is -4.06. The highest BCUT2D eigenvalue weighted by atomic mass is 19.4. The lowest BCUT2D eigenvalue weighted by Gasteiger charge is -2.29. The zero-order valence-electron chi connectivity index (χ0n) is 20.7. The van der Waals surface area contributed by atoms with Gasteiger partial charge in [0.15, 0.2) is 0 Å². The first-order chi connectivity index (χ1) is 18.3. The number of alkyl halides is 3. The summed E-state index contributed by atoms with van der Waals surface area (Å²) >= 11 is 0. The van der Waals surface area contributed by atoms with Crippen LogP contribution in [0.4, 0.5) is 42.0 Å². The van der Waals surface area contributed by atoms with Gasteiger partial charge >= 0.3 is 6.18 Å². The van der Waals surface area contributed by atoms with E-state index in [4.69, 9.17) is 4.74 Å². The number of ether oxygens (including phenoxy) is 1. The molecule has 200 valence electrons. The highest BCUT2D eigenvalue weighted by Gasteiger charge is 2.36. The first-order valence-corrected chi connectivity index (χ1v) is 12.4. The van der Waals surface area contributed by atoms with E-state index in [1.165, 1.54) is 6.07 Å². The van der Waals surface area contributed by atoms with Gasteiger partial charge in [0.2, 0.25) is 5.95 Å². The molecule has 2 aliphatic heterocycles. The maximum Gasteiger partial charge on any atom is 0.421 e. The lowest BCUT2D eigenvalue weighted by atomic mass is 10.1. The molecule has 1 aromatic heterocycles. The molecule has 0 saturated carbocycles. The van der Waals surface area contributed by atoms with E-state index in [1.807, 2.05) is 31.2 Å². The summed E-state index contributed by atoms with van der Waals surface area (Å²) in [4.78, 5) is 23.2. The molecule has 0 spiro atoms. The third-order valence-corrected chi connectivity index (χ3v) is 6.47. The van der Waals surface area contributed by atoms with Crippen LogP contribution in [0.25, 0.3) is 0 Å². The topological polar surface area (TPSA) is 103 Å². The minimum Gasteiger partial charge on any atom is -0.491 e. The van der Waals surface area contributed by atoms with Gasteiger partial charge < -0.3 is 30.9 Å². The van der Waals surface area contributed by atoms with Gasteiger partial charge in [-0.3, -0.25) is 4.79 Å². The van der Waals surface area contributed by atoms with Crippen molar-refractivity contribution in [1.29, 1.82) is 0 Å². The summed E-state index contributed by atoms with van der Waals surface area (Å²) in [5.41, 5.74) is 0.890. The van der Waals surface area contributed by atoms with Crippen LogP contribution in [0.15, 0.2) is 48.7 Å². The highest BCUT2D eigenvalue weighted by molar-refractivity contribution is 6.03. The third kappa shape index (κ3) is 5.59. The van der Waals surface area contributed by atoms with Crippen molar-refractivity contribution in [2.75, 3.05) is 48.3 Å². The average molecular weight is 528 g/mol. The summed E-state index contributed by atoms with van der Waals surface area (Å²) < 4.78 is 47.3. The van der Waals surface area contributed by atoms with Crippen molar-refractivity contribution in [1.82, 2.24) is 20.6 Å². The molecule has 2 aliphatic rings. The SMILES string of the molecule is CCC1COc2cccc(Nc3nc(Nc4ccc(N5CCNCC5)cc4)ncc3C(F)(F)F)c2C(=O)N1. The van der Waals surface area contributed by atoms with Gasteiger partial charge in [-0.05, 0) is 42.8 Å². The molecule has 4 N–H and O–H groups in total. The van der Waals surface area contributed by atoms with E-state index in [9.17, 15) is 18.0 Å². The zero-order valence-corrected chi connectivity index (χ0v) is 20.7. The van der Waals surface area contributed by atoms with Gasteiger partial charge in [0.25, 0.3) is 5.91 Å². The van der Waals surface area contributed by atoms with E-state index in [0.29, 0.717) is 12.1 Å². The van der Waals surface area contributed by atoms with Crippen molar-refractivity contribution >= 4 is 34.7 Å². The van der Waals surface area contributed by atoms with Gasteiger partial charge in [-0.15, -0.1) is 0 Å². The van der Waals surface area contributed by atoms with Gasteiger partial charge in [0.1, 0.15) is 29.3 Å². The Labute approximate surface area is 217 Å². The van der Waals surface area contributed by atoms with Gasteiger partial charge in [-0.1, -0.05) is 13.0 Å². The van der Waals surface area contributed by atoms with Crippen LogP contribution < -0.4 is 30.9 Å². The maximum absolute atomic E-state index is 13.9. The molecule has 5 rings (SSSR count). The number of carbonyl (C=O) groups excluding carboxylic acids is 1. The van der Waals surface area contributed by atoms with Crippen molar-refractivity contribution < 1.29 is 22.7 Å². The third-order valence-electron chi connectivity index (χ3n) is 6.47. The van der Waals surface area contributed by atoms with Crippen LogP contribution in [0, 0.1) is 0 Å². The number of nitrogens with one attached hydrogen (secondary N) is 4. The van der Waals surface area contributed by atoms with Crippen LogP contribution in [-0.2, 0) is 6.18 Å². The second-order valence-corrected chi connectivity index (χ2v) is 9.06. The number of rotatable bonds is 6. The van der Waals surface area contributed by atoms with E-state index in [2.05, 4.69) is 36.1 Å². The molecular weight excluding hydrogens is 499 g/mol. The number of benzene rings is 2. The molecule has 0 bridgehead atoms. The molecule has 12 heteroatoms. The molecule has 1 saturated heterocycles. The molecule has 1 unspecified atom stereocenters. The number of amides is 1. The fraction of sp³-hybridized carbons (Fsp3) is 0.346. The van der Waals surface area contributed by atoms with Crippen molar-refractivity contribution in [3.63, 3.8) is 0 Å². The van der Waals surface area contributed by atoms with E-state index < -0.39 is 23.5 Å². The summed E-state index contributed by atoms with van der Waals surface area (Å²) in [7, 11) is 0. The number of anilines is 5. The Kier molecular flexibility index (Phi) is 7.23. The number of piperazine rings is 1. The first kappa shape index (κ1) is 25.6. The highest BCUT2D eigenvalue weighted by Crippen LogP contribution is 2.37. The number of hydrogen-bond donors (Lipinski definition) is 4. The minimum atomic E-state index is -4.72. The van der Waals surface area contributed by atoms with Crippen LogP contribution in [0.5, 0.6) is 5.75 Å². The zero-order chi connectivity index (χ0) is 26.7. The van der Waals surface area contributed by atoms with E-state index in [0.717, 1.165) is 38.1 Å². The lowest BCUT2D eigenvalue weighted by Crippen LogP contribution is -2.43. The van der Waals surface area contributed by atoms with Crippen LogP contribution in [0.3, 0.4) is 0 Å². The van der Waals surface area contributed by atoms with Gasteiger partial charge in [-0.2, -0.15) is 18.2 Å². The molecule has 3 heterocycles. The Bertz CT molecular complexity index is 1290. The Morgan fingerprint density at radius 3 is 2.58 bits per heavy atom. The number of nitrogens with zero attached hydrogens (tertiary/aromatic N) is 3. The van der Waals surface area contributed by atoms with E-state index in [1.54, 1.807) is 12.1 Å². The minimum absolute atomic E-state index is 0.0239. The number of aromatic nitrogens is 2. The molecule has 1 atom stereocenters. The number of halogens is 3. The summed E-state index contributed by atoms with van der Waals surface area (Å²) in [6, 6.07) is 12.1. The van der Waals surface area contributed by atoms with Crippen molar-refractivity contribution in [2.24, 2.45) is 0 Å². The fourth-order valence-electron chi connectivity index (χ4n) is 4.38. The van der Waals surface area contributed by atoms with Gasteiger partial charge in [0, 0.05) is 43.8 Å². The predicted octanol–water partition coefficient (Wildman–Crippen LogP) is 4.29. The van der Waals surface area contributed by atoms with Crippen LogP contribution in [-0.4, -0.2) is 54.7 Å². The first-order valence-electron chi connectivity index (χ1n) is 12.4. The largest absolute Gasteiger partial charge is 0.491 e. The van der Waals surface area contributed by atoms with Crippen LogP contribution >= 0.6 is 0 Å². The normalized spacial score (nSPS) is 17.6. The Balaban J connectivity index is 1.42. The van der Waals surface area contributed by atoms with Crippen molar-refractivity contribution in [3.05, 3.63) is 59.8 Å². The molecule has 2 aromatic carbocycles. The average Bonchev–Trinajstić information content (AvgIpc) is 3.08. The lowest BCUT2D eigenvalue weighted by molar-refractivity contribution is -0.137. The van der Waals surface area contributed by atoms with E-state index in [-0.39, 0.29) is 35.6 Å². The molecule has 0 radical (unpaired) electrons. The second-order valence-electron chi connectivity index (χ2n) is 9.06. The molecule has 0 aliphatic carbocycles. The molecule has 9 nitrogen and oxygen atoms in total. The quantitative estimate of drug-likeness (QED) is 0.377. The predicted molar refractivity (Wildman–Crippen MR) is 139 cm³/mol. The van der Waals surface area contributed by atoms with Gasteiger partial charge in [0.05, 0.1) is 11.7 Å². The molecule has 38 heavy (non-hydrogen) atoms. The number of carbonyl (C=O) groups is 1. The number of hydrogen-bond acceptors (Lipinski definition) is 8. The Morgan fingerprint density at radius 2 is 1.87 bits per heavy atom. The standard InChI is InChI=1S/C26H28F3N7O2/c1-2-16-15-38-21-5-3-4-20(22(21)24(37)32-16)34-23-19(26(27,28)29)14-31-25(35-23)33-17-6-8-18(9-7-17)36-12-10-30-11-13-36/h3-9,14,16,30H,2,10-13,15H2,1H3,(H,32,37)(H2,31,33,34,35). The van der Waals surface area contributed by atoms with Gasteiger partial charge in [-0.25, -0.2) is 4.98 Å². The monoisotopic (exact) mass is 527 g/mol. The molecule has 1 amide bonds. The Morgan fingerprint density at radius 1 is 1.11 bits per heavy atom. The fourth-order valence-corrected chi connectivity index (χ4v) is 4.38. The number of fused-ring (bicyclic) bond motifs is 1. The van der Waals surface area contributed by atoms with Crippen LogP contribution in [0.2, 0.25) is 0 Å². The summed E-state index contributed by atoms with van der Waals surface area (Å²) in [5, 5.41) is 11.8. The molecular formula is C26H28F3N7O2. The van der Waals surface area contributed by atoms with Crippen LogP contribution in [0.1, 0.15) is 29.3 Å². The molecule has 3 aromatic rings.